The minimum absolute atomic E-state index is 0.0806. The maximum absolute atomic E-state index is 12.0. The van der Waals surface area contributed by atoms with E-state index in [0.29, 0.717) is 24.6 Å². The van der Waals surface area contributed by atoms with Gasteiger partial charge in [-0.05, 0) is 31.9 Å². The predicted molar refractivity (Wildman–Crippen MR) is 99.8 cm³/mol. The molecule has 2 aromatic rings. The molecule has 0 spiro atoms. The molecule has 1 fully saturated rings. The van der Waals surface area contributed by atoms with Crippen molar-refractivity contribution in [2.45, 2.75) is 39.2 Å². The third-order valence-corrected chi connectivity index (χ3v) is 5.28. The van der Waals surface area contributed by atoms with Gasteiger partial charge < -0.3 is 15.2 Å². The number of nitrogens with zero attached hydrogens (tertiary/aromatic N) is 4. The third-order valence-electron chi connectivity index (χ3n) is 5.28. The molecule has 0 aromatic carbocycles. The van der Waals surface area contributed by atoms with Crippen molar-refractivity contribution in [1.29, 1.82) is 0 Å². The quantitative estimate of drug-likeness (QED) is 0.772. The fraction of sp³-hybridized carbons (Fsp3) is 0.579. The van der Waals surface area contributed by atoms with Crippen LogP contribution in [-0.4, -0.2) is 39.7 Å². The van der Waals surface area contributed by atoms with Crippen molar-refractivity contribution in [2.75, 3.05) is 13.7 Å². The molecule has 0 amide bonds. The van der Waals surface area contributed by atoms with E-state index in [4.69, 9.17) is 15.2 Å². The number of aromatic nitrogens is 4. The number of hydrogen-bond donors (Lipinski definition) is 1. The number of aryl methyl sites for hydroxylation is 2. The molecule has 146 valence electrons. The lowest BCUT2D eigenvalue weighted by atomic mass is 9.80. The van der Waals surface area contributed by atoms with Crippen molar-refractivity contribution in [3.8, 4) is 17.1 Å². The summed E-state index contributed by atoms with van der Waals surface area (Å²) < 4.78 is 12.6. The summed E-state index contributed by atoms with van der Waals surface area (Å²) >= 11 is 0. The Kier molecular flexibility index (Phi) is 6.05. The predicted octanol–water partition coefficient (Wildman–Crippen LogP) is 2.00. The van der Waals surface area contributed by atoms with Crippen molar-refractivity contribution < 1.29 is 14.3 Å². The van der Waals surface area contributed by atoms with Gasteiger partial charge in [-0.1, -0.05) is 18.1 Å². The maximum atomic E-state index is 12.0. The molecular weight excluding hydrogens is 346 g/mol. The van der Waals surface area contributed by atoms with Crippen LogP contribution in [0, 0.1) is 18.8 Å². The number of nitrogens with two attached hydrogens (primary N) is 1. The molecule has 2 aromatic heterocycles. The zero-order valence-electron chi connectivity index (χ0n) is 16.1. The highest BCUT2D eigenvalue weighted by Crippen LogP contribution is 2.32. The number of pyridine rings is 1. The second-order valence-electron chi connectivity index (χ2n) is 6.98. The molecule has 0 radical (unpaired) electrons. The molecule has 8 nitrogen and oxygen atoms in total. The van der Waals surface area contributed by atoms with Crippen molar-refractivity contribution >= 4 is 5.97 Å². The Hall–Kier alpha value is -2.48. The first kappa shape index (κ1) is 19.3. The van der Waals surface area contributed by atoms with Gasteiger partial charge in [0.25, 0.3) is 0 Å². The van der Waals surface area contributed by atoms with Gasteiger partial charge in [-0.3, -0.25) is 9.48 Å². The van der Waals surface area contributed by atoms with E-state index in [-0.39, 0.29) is 17.8 Å². The Bertz CT molecular complexity index is 805. The molecule has 8 heteroatoms. The second kappa shape index (κ2) is 8.47. The van der Waals surface area contributed by atoms with Gasteiger partial charge in [0.15, 0.2) is 0 Å². The van der Waals surface area contributed by atoms with Crippen molar-refractivity contribution in [3.63, 3.8) is 0 Å². The maximum Gasteiger partial charge on any atom is 0.309 e. The molecule has 1 aliphatic rings. The fourth-order valence-electron chi connectivity index (χ4n) is 3.70. The van der Waals surface area contributed by atoms with Crippen LogP contribution in [0.15, 0.2) is 12.1 Å². The molecule has 0 saturated heterocycles. The van der Waals surface area contributed by atoms with Gasteiger partial charge in [0.05, 0.1) is 36.7 Å². The lowest BCUT2D eigenvalue weighted by molar-refractivity contribution is -0.149. The van der Waals surface area contributed by atoms with E-state index in [0.717, 1.165) is 42.8 Å². The monoisotopic (exact) mass is 373 g/mol. The van der Waals surface area contributed by atoms with Crippen molar-refractivity contribution in [2.24, 2.45) is 24.6 Å². The largest absolute Gasteiger partial charge is 0.491 e. The Morgan fingerprint density at radius 2 is 2.11 bits per heavy atom. The summed E-state index contributed by atoms with van der Waals surface area (Å²) in [4.78, 5) is 16.6. The van der Waals surface area contributed by atoms with Gasteiger partial charge >= 0.3 is 5.97 Å². The van der Waals surface area contributed by atoms with E-state index in [2.05, 4.69) is 15.3 Å². The van der Waals surface area contributed by atoms with E-state index in [1.807, 2.05) is 26.1 Å². The van der Waals surface area contributed by atoms with Crippen LogP contribution in [0.4, 0.5) is 0 Å². The fourth-order valence-corrected chi connectivity index (χ4v) is 3.70. The first-order chi connectivity index (χ1) is 13.0. The van der Waals surface area contributed by atoms with Crippen LogP contribution in [0.5, 0.6) is 5.75 Å². The minimum atomic E-state index is -0.134. The van der Waals surface area contributed by atoms with E-state index in [9.17, 15) is 4.79 Å². The van der Waals surface area contributed by atoms with Crippen molar-refractivity contribution in [3.05, 3.63) is 23.5 Å². The normalized spacial score (nSPS) is 19.7. The number of carbonyl (C=O) groups is 1. The first-order valence-electron chi connectivity index (χ1n) is 9.32. The zero-order valence-corrected chi connectivity index (χ0v) is 16.1. The summed E-state index contributed by atoms with van der Waals surface area (Å²) in [5.41, 5.74) is 8.80. The van der Waals surface area contributed by atoms with Gasteiger partial charge in [-0.25, -0.2) is 4.98 Å². The summed E-state index contributed by atoms with van der Waals surface area (Å²) in [6.07, 6.45) is 4.02. The van der Waals surface area contributed by atoms with Crippen LogP contribution in [0.1, 0.15) is 37.1 Å². The number of hydrogen-bond acceptors (Lipinski definition) is 7. The summed E-state index contributed by atoms with van der Waals surface area (Å²) in [6.45, 7) is 2.73. The number of rotatable bonds is 6. The molecular formula is C19H27N5O3. The molecule has 0 unspecified atom stereocenters. The summed E-state index contributed by atoms with van der Waals surface area (Å²) in [6, 6.07) is 3.76. The average Bonchev–Trinajstić information content (AvgIpc) is 3.07. The van der Waals surface area contributed by atoms with E-state index >= 15 is 0 Å². The number of esters is 1. The first-order valence-corrected chi connectivity index (χ1v) is 9.32. The number of methoxy groups -OCH3 is 1. The van der Waals surface area contributed by atoms with Crippen LogP contribution in [-0.2, 0) is 23.1 Å². The third kappa shape index (κ3) is 4.10. The van der Waals surface area contributed by atoms with Gasteiger partial charge in [-0.15, -0.1) is 5.10 Å². The topological polar surface area (TPSA) is 105 Å². The highest BCUT2D eigenvalue weighted by Gasteiger charge is 2.32. The molecule has 3 rings (SSSR count). The smallest absolute Gasteiger partial charge is 0.309 e. The summed E-state index contributed by atoms with van der Waals surface area (Å²) in [7, 11) is 3.26. The summed E-state index contributed by atoms with van der Waals surface area (Å²) in [5, 5.41) is 8.18. The van der Waals surface area contributed by atoms with Crippen LogP contribution in [0.3, 0.4) is 0 Å². The van der Waals surface area contributed by atoms with Gasteiger partial charge in [-0.2, -0.15) is 0 Å². The zero-order chi connectivity index (χ0) is 19.4. The molecule has 2 atom stereocenters. The molecule has 27 heavy (non-hydrogen) atoms. The lowest BCUT2D eigenvalue weighted by Crippen LogP contribution is -2.32. The highest BCUT2D eigenvalue weighted by atomic mass is 16.5. The molecule has 1 saturated carbocycles. The molecule has 2 heterocycles. The molecule has 2 N–H and O–H groups in total. The van der Waals surface area contributed by atoms with Gasteiger partial charge in [0, 0.05) is 19.5 Å². The van der Waals surface area contributed by atoms with Crippen LogP contribution >= 0.6 is 0 Å². The van der Waals surface area contributed by atoms with Gasteiger partial charge in [0.2, 0.25) is 0 Å². The van der Waals surface area contributed by atoms with Crippen LogP contribution < -0.4 is 10.5 Å². The average molecular weight is 373 g/mol. The Balaban J connectivity index is 1.72. The Morgan fingerprint density at radius 3 is 2.81 bits per heavy atom. The molecule has 0 bridgehead atoms. The lowest BCUT2D eigenvalue weighted by Gasteiger charge is -2.29. The van der Waals surface area contributed by atoms with Crippen LogP contribution in [0.2, 0.25) is 0 Å². The van der Waals surface area contributed by atoms with Crippen LogP contribution in [0.25, 0.3) is 11.4 Å². The number of ether oxygens (including phenoxy) is 2. The van der Waals surface area contributed by atoms with Crippen molar-refractivity contribution in [1.82, 2.24) is 20.0 Å². The summed E-state index contributed by atoms with van der Waals surface area (Å²) in [5.74, 6) is 0.675. The minimum Gasteiger partial charge on any atom is -0.491 e. The number of carbonyl (C=O) groups excluding carboxylic acids is 1. The Labute approximate surface area is 159 Å². The standard InChI is InChI=1S/C19H27N5O3/c1-12-17(27-11-13-6-4-5-7-14(13)19(25)26-3)9-8-15(21-12)18-16(10-20)24(2)23-22-18/h8-9,13-14H,4-7,10-11,20H2,1-3H3/t13-,14+/m1/s1. The molecule has 0 aliphatic heterocycles. The SMILES string of the molecule is COC(=O)[C@H]1CCCC[C@@H]1COc1ccc(-c2nnn(C)c2CN)nc1C. The second-order valence-corrected chi connectivity index (χ2v) is 6.98. The van der Waals surface area contributed by atoms with Gasteiger partial charge in [0.1, 0.15) is 11.4 Å². The Morgan fingerprint density at radius 1 is 1.33 bits per heavy atom. The molecule has 1 aliphatic carbocycles. The van der Waals surface area contributed by atoms with E-state index in [1.54, 1.807) is 4.68 Å². The van der Waals surface area contributed by atoms with E-state index in [1.165, 1.54) is 7.11 Å². The highest BCUT2D eigenvalue weighted by molar-refractivity contribution is 5.72. The van der Waals surface area contributed by atoms with E-state index < -0.39 is 0 Å².